The number of halogens is 1. The highest BCUT2D eigenvalue weighted by Gasteiger charge is 2.14. The Balaban J connectivity index is 2.07. The number of rotatable bonds is 6. The minimum absolute atomic E-state index is 0.0274. The molecule has 0 amide bonds. The zero-order valence-electron chi connectivity index (χ0n) is 11.9. The molecule has 2 rings (SSSR count). The molecular weight excluding hydrogens is 259 g/mol. The minimum atomic E-state index is -0.354. The van der Waals surface area contributed by atoms with Gasteiger partial charge in [0.25, 0.3) is 0 Å². The summed E-state index contributed by atoms with van der Waals surface area (Å²) in [7, 11) is 0. The second-order valence-electron chi connectivity index (χ2n) is 4.73. The van der Waals surface area contributed by atoms with Gasteiger partial charge >= 0.3 is 6.01 Å². The highest BCUT2D eigenvalue weighted by Crippen LogP contribution is 2.21. The van der Waals surface area contributed by atoms with Crippen molar-refractivity contribution >= 4 is 11.7 Å². The average molecular weight is 278 g/mol. The van der Waals surface area contributed by atoms with E-state index >= 15 is 0 Å². The SMILES string of the molecule is CCCNC(C)c1nnc(Nc2cc(C)ccc2F)o1. The minimum Gasteiger partial charge on any atom is -0.406 e. The van der Waals surface area contributed by atoms with E-state index in [0.717, 1.165) is 18.5 Å². The van der Waals surface area contributed by atoms with E-state index in [-0.39, 0.29) is 17.9 Å². The summed E-state index contributed by atoms with van der Waals surface area (Å²) in [4.78, 5) is 0. The van der Waals surface area contributed by atoms with Crippen molar-refractivity contribution in [3.8, 4) is 0 Å². The van der Waals surface area contributed by atoms with Gasteiger partial charge in [0, 0.05) is 0 Å². The lowest BCUT2D eigenvalue weighted by molar-refractivity contribution is 0.424. The molecule has 0 aliphatic carbocycles. The quantitative estimate of drug-likeness (QED) is 0.848. The second-order valence-corrected chi connectivity index (χ2v) is 4.73. The molecule has 20 heavy (non-hydrogen) atoms. The lowest BCUT2D eigenvalue weighted by Gasteiger charge is -2.07. The molecule has 0 saturated heterocycles. The largest absolute Gasteiger partial charge is 0.406 e. The molecule has 0 aliphatic heterocycles. The van der Waals surface area contributed by atoms with Crippen LogP contribution in [0.15, 0.2) is 22.6 Å². The van der Waals surface area contributed by atoms with Crippen molar-refractivity contribution < 1.29 is 8.81 Å². The van der Waals surface area contributed by atoms with Crippen LogP contribution in [0.4, 0.5) is 16.1 Å². The summed E-state index contributed by atoms with van der Waals surface area (Å²) < 4.78 is 19.1. The summed E-state index contributed by atoms with van der Waals surface area (Å²) >= 11 is 0. The monoisotopic (exact) mass is 278 g/mol. The Morgan fingerprint density at radius 2 is 2.15 bits per heavy atom. The molecule has 2 aromatic rings. The van der Waals surface area contributed by atoms with Gasteiger partial charge in [0.15, 0.2) is 0 Å². The Labute approximate surface area is 117 Å². The van der Waals surface area contributed by atoms with E-state index in [1.54, 1.807) is 12.1 Å². The lowest BCUT2D eigenvalue weighted by Crippen LogP contribution is -2.19. The van der Waals surface area contributed by atoms with E-state index in [9.17, 15) is 4.39 Å². The third-order valence-corrected chi connectivity index (χ3v) is 2.88. The fourth-order valence-electron chi connectivity index (χ4n) is 1.76. The molecular formula is C14H19FN4O. The summed E-state index contributed by atoms with van der Waals surface area (Å²) in [6.07, 6.45) is 1.03. The Bertz CT molecular complexity index is 570. The van der Waals surface area contributed by atoms with Crippen molar-refractivity contribution in [2.45, 2.75) is 33.2 Å². The fourth-order valence-corrected chi connectivity index (χ4v) is 1.76. The Hall–Kier alpha value is -1.95. The number of aromatic nitrogens is 2. The smallest absolute Gasteiger partial charge is 0.320 e. The van der Waals surface area contributed by atoms with Crippen molar-refractivity contribution in [2.75, 3.05) is 11.9 Å². The van der Waals surface area contributed by atoms with Crippen LogP contribution in [-0.4, -0.2) is 16.7 Å². The van der Waals surface area contributed by atoms with E-state index in [1.165, 1.54) is 6.07 Å². The number of anilines is 2. The lowest BCUT2D eigenvalue weighted by atomic mass is 10.2. The molecule has 0 saturated carbocycles. The zero-order valence-corrected chi connectivity index (χ0v) is 11.9. The third-order valence-electron chi connectivity index (χ3n) is 2.88. The molecule has 108 valence electrons. The molecule has 1 aromatic carbocycles. The molecule has 1 heterocycles. The van der Waals surface area contributed by atoms with Gasteiger partial charge in [-0.1, -0.05) is 18.1 Å². The number of hydrogen-bond donors (Lipinski definition) is 2. The number of hydrogen-bond acceptors (Lipinski definition) is 5. The van der Waals surface area contributed by atoms with E-state index in [4.69, 9.17) is 4.42 Å². The van der Waals surface area contributed by atoms with Crippen molar-refractivity contribution in [2.24, 2.45) is 0 Å². The molecule has 6 heteroatoms. The molecule has 2 N–H and O–H groups in total. The molecule has 0 spiro atoms. The number of aryl methyl sites for hydroxylation is 1. The van der Waals surface area contributed by atoms with Crippen LogP contribution < -0.4 is 10.6 Å². The van der Waals surface area contributed by atoms with Crippen molar-refractivity contribution in [3.05, 3.63) is 35.5 Å². The van der Waals surface area contributed by atoms with Gasteiger partial charge < -0.3 is 15.1 Å². The Morgan fingerprint density at radius 3 is 2.90 bits per heavy atom. The first-order chi connectivity index (χ1) is 9.60. The molecule has 1 atom stereocenters. The maximum Gasteiger partial charge on any atom is 0.320 e. The van der Waals surface area contributed by atoms with Gasteiger partial charge in [-0.25, -0.2) is 4.39 Å². The standard InChI is InChI=1S/C14H19FN4O/c1-4-7-16-10(3)13-18-19-14(20-13)17-12-8-9(2)5-6-11(12)15/h5-6,8,10,16H,4,7H2,1-3H3,(H,17,19). The van der Waals surface area contributed by atoms with Crippen LogP contribution in [-0.2, 0) is 0 Å². The molecule has 1 unspecified atom stereocenters. The zero-order chi connectivity index (χ0) is 14.5. The summed E-state index contributed by atoms with van der Waals surface area (Å²) in [6, 6.07) is 4.96. The molecule has 5 nitrogen and oxygen atoms in total. The van der Waals surface area contributed by atoms with E-state index in [2.05, 4.69) is 27.8 Å². The van der Waals surface area contributed by atoms with Crippen LogP contribution >= 0.6 is 0 Å². The fraction of sp³-hybridized carbons (Fsp3) is 0.429. The number of nitrogens with zero attached hydrogens (tertiary/aromatic N) is 2. The first-order valence-electron chi connectivity index (χ1n) is 6.70. The number of benzene rings is 1. The maximum atomic E-state index is 13.6. The van der Waals surface area contributed by atoms with Gasteiger partial charge in [0.2, 0.25) is 5.89 Å². The predicted octanol–water partition coefficient (Wildman–Crippen LogP) is 3.32. The van der Waals surface area contributed by atoms with Crippen LogP contribution in [0.25, 0.3) is 0 Å². The van der Waals surface area contributed by atoms with Gasteiger partial charge in [-0.05, 0) is 44.5 Å². The van der Waals surface area contributed by atoms with E-state index < -0.39 is 0 Å². The third kappa shape index (κ3) is 3.54. The van der Waals surface area contributed by atoms with Crippen LogP contribution in [0.3, 0.4) is 0 Å². The van der Waals surface area contributed by atoms with Gasteiger partial charge in [0.1, 0.15) is 5.82 Å². The van der Waals surface area contributed by atoms with Crippen LogP contribution in [0.1, 0.15) is 37.8 Å². The predicted molar refractivity (Wildman–Crippen MR) is 75.4 cm³/mol. The van der Waals surface area contributed by atoms with Gasteiger partial charge in [0.05, 0.1) is 11.7 Å². The van der Waals surface area contributed by atoms with Crippen molar-refractivity contribution in [1.29, 1.82) is 0 Å². The summed E-state index contributed by atoms with van der Waals surface area (Å²) in [5.41, 5.74) is 1.28. The summed E-state index contributed by atoms with van der Waals surface area (Å²) in [6.45, 7) is 6.79. The maximum absolute atomic E-state index is 13.6. The molecule has 0 bridgehead atoms. The van der Waals surface area contributed by atoms with Gasteiger partial charge in [-0.3, -0.25) is 0 Å². The van der Waals surface area contributed by atoms with Crippen LogP contribution in [0, 0.1) is 12.7 Å². The molecule has 0 radical (unpaired) electrons. The van der Waals surface area contributed by atoms with Crippen LogP contribution in [0.2, 0.25) is 0 Å². The Morgan fingerprint density at radius 1 is 1.35 bits per heavy atom. The second kappa shape index (κ2) is 6.47. The first kappa shape index (κ1) is 14.5. The average Bonchev–Trinajstić information content (AvgIpc) is 2.89. The molecule has 0 aliphatic rings. The highest BCUT2D eigenvalue weighted by molar-refractivity contribution is 5.54. The van der Waals surface area contributed by atoms with Crippen LogP contribution in [0.5, 0.6) is 0 Å². The summed E-state index contributed by atoms with van der Waals surface area (Å²) in [5.74, 6) is 0.126. The highest BCUT2D eigenvalue weighted by atomic mass is 19.1. The van der Waals surface area contributed by atoms with Gasteiger partial charge in [-0.15, -0.1) is 5.10 Å². The topological polar surface area (TPSA) is 63.0 Å². The molecule has 1 aromatic heterocycles. The molecule has 0 fully saturated rings. The normalized spacial score (nSPS) is 12.4. The van der Waals surface area contributed by atoms with Crippen molar-refractivity contribution in [1.82, 2.24) is 15.5 Å². The Kier molecular flexibility index (Phi) is 4.68. The first-order valence-corrected chi connectivity index (χ1v) is 6.70. The van der Waals surface area contributed by atoms with Crippen molar-refractivity contribution in [3.63, 3.8) is 0 Å². The van der Waals surface area contributed by atoms with Gasteiger partial charge in [-0.2, -0.15) is 0 Å². The number of nitrogens with one attached hydrogen (secondary N) is 2. The van der Waals surface area contributed by atoms with E-state index in [1.807, 2.05) is 13.8 Å². The summed E-state index contributed by atoms with van der Waals surface area (Å²) in [5, 5.41) is 13.9. The van der Waals surface area contributed by atoms with E-state index in [0.29, 0.717) is 11.6 Å².